The van der Waals surface area contributed by atoms with Crippen LogP contribution in [0.15, 0.2) is 108 Å². The molecule has 1 N–H and O–H groups in total. The third-order valence-corrected chi connectivity index (χ3v) is 9.54. The van der Waals surface area contributed by atoms with Gasteiger partial charge in [0.15, 0.2) is 0 Å². The van der Waals surface area contributed by atoms with E-state index in [4.69, 9.17) is 23.2 Å². The molecule has 2 amide bonds. The Morgan fingerprint density at radius 3 is 2.11 bits per heavy atom. The number of benzene rings is 4. The fraction of sp³-hybridized carbons (Fsp3) is 0.235. The maximum Gasteiger partial charge on any atom is 0.416 e. The van der Waals surface area contributed by atoms with Crippen molar-refractivity contribution in [1.29, 1.82) is 0 Å². The van der Waals surface area contributed by atoms with Crippen LogP contribution in [0.3, 0.4) is 0 Å². The maximum atomic E-state index is 14.4. The molecule has 7 nitrogen and oxygen atoms in total. The molecule has 0 aliphatic carbocycles. The molecular formula is C34H32Cl2F3N3O4S. The van der Waals surface area contributed by atoms with Gasteiger partial charge in [-0.3, -0.25) is 13.9 Å². The van der Waals surface area contributed by atoms with Crippen molar-refractivity contribution in [1.82, 2.24) is 10.2 Å². The van der Waals surface area contributed by atoms with Gasteiger partial charge >= 0.3 is 6.18 Å². The first-order valence-corrected chi connectivity index (χ1v) is 16.8. The van der Waals surface area contributed by atoms with E-state index in [2.05, 4.69) is 5.32 Å². The largest absolute Gasteiger partial charge is 0.416 e. The Labute approximate surface area is 282 Å². The molecule has 0 bridgehead atoms. The summed E-state index contributed by atoms with van der Waals surface area (Å²) in [5.41, 5.74) is -0.435. The lowest BCUT2D eigenvalue weighted by Crippen LogP contribution is -2.53. The second-order valence-electron chi connectivity index (χ2n) is 10.6. The summed E-state index contributed by atoms with van der Waals surface area (Å²) >= 11 is 12.6. The highest BCUT2D eigenvalue weighted by Gasteiger charge is 2.37. The molecule has 0 aromatic heterocycles. The van der Waals surface area contributed by atoms with Crippen LogP contribution in [-0.2, 0) is 38.8 Å². The second kappa shape index (κ2) is 15.7. The maximum absolute atomic E-state index is 14.4. The number of hydrogen-bond donors (Lipinski definition) is 1. The molecule has 47 heavy (non-hydrogen) atoms. The number of rotatable bonds is 13. The minimum Gasteiger partial charge on any atom is -0.354 e. The monoisotopic (exact) mass is 705 g/mol. The van der Waals surface area contributed by atoms with Crippen LogP contribution in [0.4, 0.5) is 18.9 Å². The average molecular weight is 707 g/mol. The van der Waals surface area contributed by atoms with E-state index in [1.54, 1.807) is 60.7 Å². The van der Waals surface area contributed by atoms with E-state index in [0.717, 1.165) is 17.7 Å². The van der Waals surface area contributed by atoms with Gasteiger partial charge in [0.25, 0.3) is 10.0 Å². The molecule has 13 heteroatoms. The molecule has 4 aromatic rings. The summed E-state index contributed by atoms with van der Waals surface area (Å²) < 4.78 is 70.1. The lowest BCUT2D eigenvalue weighted by atomic mass is 10.0. The Morgan fingerprint density at radius 2 is 1.49 bits per heavy atom. The number of alkyl halides is 3. The third kappa shape index (κ3) is 9.27. The van der Waals surface area contributed by atoms with Crippen molar-refractivity contribution in [3.05, 3.63) is 130 Å². The zero-order valence-electron chi connectivity index (χ0n) is 25.3. The molecule has 0 saturated carbocycles. The Hall–Kier alpha value is -4.06. The van der Waals surface area contributed by atoms with Gasteiger partial charge in [-0.25, -0.2) is 8.42 Å². The number of amides is 2. The Balaban J connectivity index is 1.86. The lowest BCUT2D eigenvalue weighted by molar-refractivity contribution is -0.140. The highest BCUT2D eigenvalue weighted by Crippen LogP contribution is 2.37. The van der Waals surface area contributed by atoms with Crippen LogP contribution in [0.1, 0.15) is 30.0 Å². The average Bonchev–Trinajstić information content (AvgIpc) is 3.04. The molecular weight excluding hydrogens is 674 g/mol. The number of nitrogens with zero attached hydrogens (tertiary/aromatic N) is 2. The summed E-state index contributed by atoms with van der Waals surface area (Å²) in [4.78, 5) is 29.1. The first kappa shape index (κ1) is 35.8. The number of sulfonamides is 1. The highest BCUT2D eigenvalue weighted by atomic mass is 35.5. The normalized spacial score (nSPS) is 12.3. The molecule has 248 valence electrons. The third-order valence-electron chi connectivity index (χ3n) is 7.21. The molecule has 0 unspecified atom stereocenters. The predicted molar refractivity (Wildman–Crippen MR) is 177 cm³/mol. The first-order valence-electron chi connectivity index (χ1n) is 14.6. The number of halogens is 5. The fourth-order valence-corrected chi connectivity index (χ4v) is 6.79. The predicted octanol–water partition coefficient (Wildman–Crippen LogP) is 7.37. The van der Waals surface area contributed by atoms with Crippen molar-refractivity contribution in [2.24, 2.45) is 0 Å². The topological polar surface area (TPSA) is 86.8 Å². The minimum absolute atomic E-state index is 0.0679. The molecule has 0 saturated heterocycles. The van der Waals surface area contributed by atoms with Crippen LogP contribution in [0.5, 0.6) is 0 Å². The molecule has 1 atom stereocenters. The van der Waals surface area contributed by atoms with E-state index in [-0.39, 0.29) is 22.9 Å². The van der Waals surface area contributed by atoms with Crippen molar-refractivity contribution >= 4 is 50.7 Å². The summed E-state index contributed by atoms with van der Waals surface area (Å²) in [6.07, 6.45) is -4.15. The van der Waals surface area contributed by atoms with Crippen LogP contribution < -0.4 is 9.62 Å². The van der Waals surface area contributed by atoms with Crippen LogP contribution >= 0.6 is 23.2 Å². The standard InChI is InChI=1S/C34H32Cl2F3N3O4S/c1-2-18-40-33(44)31(20-24-10-5-3-6-11-24)41(22-25-12-9-13-27(35)19-25)32(43)23-42(47(45,46)28-14-7-4-8-15-28)30-21-26(34(37,38)39)16-17-29(30)36/h3-17,19,21,31H,2,18,20,22-23H2,1H3,(H,40,44)/t31-/m0/s1. The smallest absolute Gasteiger partial charge is 0.354 e. The summed E-state index contributed by atoms with van der Waals surface area (Å²) in [6, 6.07) is 23.6. The number of carbonyl (C=O) groups is 2. The summed E-state index contributed by atoms with van der Waals surface area (Å²) in [7, 11) is -4.65. The number of anilines is 1. The summed E-state index contributed by atoms with van der Waals surface area (Å²) in [5, 5.41) is 2.87. The zero-order valence-corrected chi connectivity index (χ0v) is 27.6. The van der Waals surface area contributed by atoms with Crippen molar-refractivity contribution < 1.29 is 31.2 Å². The quantitative estimate of drug-likeness (QED) is 0.157. The van der Waals surface area contributed by atoms with Crippen LogP contribution in [-0.4, -0.2) is 44.3 Å². The van der Waals surface area contributed by atoms with Crippen molar-refractivity contribution in [3.8, 4) is 0 Å². The molecule has 0 fully saturated rings. The van der Waals surface area contributed by atoms with Crippen LogP contribution in [0, 0.1) is 0 Å². The van der Waals surface area contributed by atoms with Crippen molar-refractivity contribution in [3.63, 3.8) is 0 Å². The minimum atomic E-state index is -4.83. The van der Waals surface area contributed by atoms with Crippen molar-refractivity contribution in [2.45, 2.75) is 43.4 Å². The molecule has 0 radical (unpaired) electrons. The molecule has 4 aromatic carbocycles. The molecule has 0 aliphatic rings. The van der Waals surface area contributed by atoms with E-state index in [0.29, 0.717) is 33.9 Å². The van der Waals surface area contributed by atoms with Gasteiger partial charge in [0.1, 0.15) is 12.6 Å². The van der Waals surface area contributed by atoms with E-state index in [1.165, 1.54) is 29.2 Å². The molecule has 0 spiro atoms. The molecule has 4 rings (SSSR count). The second-order valence-corrected chi connectivity index (χ2v) is 13.3. The van der Waals surface area contributed by atoms with E-state index in [1.807, 2.05) is 6.92 Å². The zero-order chi connectivity index (χ0) is 34.2. The summed E-state index contributed by atoms with van der Waals surface area (Å²) in [5.74, 6) is -1.34. The van der Waals surface area contributed by atoms with Gasteiger partial charge in [-0.1, -0.05) is 90.8 Å². The number of nitrogens with one attached hydrogen (secondary N) is 1. The van der Waals surface area contributed by atoms with E-state index in [9.17, 15) is 31.2 Å². The molecule has 0 heterocycles. The van der Waals surface area contributed by atoms with Gasteiger partial charge in [-0.05, 0) is 60.0 Å². The Morgan fingerprint density at radius 1 is 0.851 bits per heavy atom. The lowest BCUT2D eigenvalue weighted by Gasteiger charge is -2.34. The number of hydrogen-bond acceptors (Lipinski definition) is 4. The van der Waals surface area contributed by atoms with Crippen LogP contribution in [0.2, 0.25) is 10.0 Å². The number of carbonyl (C=O) groups excluding carboxylic acids is 2. The van der Waals surface area contributed by atoms with Gasteiger partial charge in [-0.15, -0.1) is 0 Å². The van der Waals surface area contributed by atoms with E-state index < -0.39 is 51.9 Å². The first-order chi connectivity index (χ1) is 22.3. The Bertz CT molecular complexity index is 1790. The van der Waals surface area contributed by atoms with Gasteiger partial charge in [0, 0.05) is 24.5 Å². The van der Waals surface area contributed by atoms with Crippen LogP contribution in [0.25, 0.3) is 0 Å². The van der Waals surface area contributed by atoms with Crippen molar-refractivity contribution in [2.75, 3.05) is 17.4 Å². The van der Waals surface area contributed by atoms with Gasteiger partial charge in [0.2, 0.25) is 11.8 Å². The SMILES string of the molecule is CCCNC(=O)[C@H](Cc1ccccc1)N(Cc1cccc(Cl)c1)C(=O)CN(c1cc(C(F)(F)F)ccc1Cl)S(=O)(=O)c1ccccc1. The highest BCUT2D eigenvalue weighted by molar-refractivity contribution is 7.92. The van der Waals surface area contributed by atoms with Gasteiger partial charge in [0.05, 0.1) is 21.2 Å². The fourth-order valence-electron chi connectivity index (χ4n) is 4.87. The molecule has 0 aliphatic heterocycles. The van der Waals surface area contributed by atoms with Gasteiger partial charge < -0.3 is 10.2 Å². The Kier molecular flexibility index (Phi) is 11.9. The summed E-state index contributed by atoms with van der Waals surface area (Å²) in [6.45, 7) is 1.06. The van der Waals surface area contributed by atoms with Gasteiger partial charge in [-0.2, -0.15) is 13.2 Å². The van der Waals surface area contributed by atoms with E-state index >= 15 is 0 Å².